The number of amides is 2. The van der Waals surface area contributed by atoms with Gasteiger partial charge in [-0.3, -0.25) is 9.69 Å². The highest BCUT2D eigenvalue weighted by atomic mass is 32.1. The summed E-state index contributed by atoms with van der Waals surface area (Å²) in [5.74, 6) is -0.407. The number of benzene rings is 3. The Morgan fingerprint density at radius 1 is 0.951 bits per heavy atom. The maximum absolute atomic E-state index is 14.2. The molecule has 3 heterocycles. The van der Waals surface area contributed by atoms with Crippen LogP contribution in [0.5, 0.6) is 0 Å². The van der Waals surface area contributed by atoms with Crippen LogP contribution >= 0.6 is 11.3 Å². The number of hydroxylamine groups is 1. The monoisotopic (exact) mass is 572 g/mol. The van der Waals surface area contributed by atoms with Gasteiger partial charge in [-0.25, -0.2) is 9.18 Å². The fourth-order valence-electron chi connectivity index (χ4n) is 5.59. The van der Waals surface area contributed by atoms with Crippen molar-refractivity contribution in [1.29, 1.82) is 0 Å². The Morgan fingerprint density at radius 2 is 1.76 bits per heavy atom. The van der Waals surface area contributed by atoms with E-state index in [1.807, 2.05) is 47.8 Å². The maximum atomic E-state index is 14.2. The first-order valence-electron chi connectivity index (χ1n) is 14.0. The number of anilines is 2. The normalized spacial score (nSPS) is 15.7. The molecule has 2 amide bonds. The Morgan fingerprint density at radius 3 is 2.56 bits per heavy atom. The minimum absolute atomic E-state index is 0.189. The SMILES string of the molecule is CN(Cc1ccccc1)C(=O)ON1C(=O)CCc2ccc(CCN3CCN(c4cc(F)cc5sccc45)CC3)cc21. The van der Waals surface area contributed by atoms with E-state index in [1.165, 1.54) is 9.96 Å². The molecule has 0 bridgehead atoms. The van der Waals surface area contributed by atoms with Crippen molar-refractivity contribution in [2.45, 2.75) is 25.8 Å². The lowest BCUT2D eigenvalue weighted by atomic mass is 9.99. The van der Waals surface area contributed by atoms with Crippen molar-refractivity contribution >= 4 is 44.8 Å². The number of carbonyl (C=O) groups excluding carboxylic acids is 2. The number of aryl methyl sites for hydroxylation is 1. The molecule has 41 heavy (non-hydrogen) atoms. The molecule has 0 atom stereocenters. The molecule has 3 aromatic carbocycles. The quantitative estimate of drug-likeness (QED) is 0.277. The van der Waals surface area contributed by atoms with Crippen LogP contribution in [-0.4, -0.2) is 61.6 Å². The lowest BCUT2D eigenvalue weighted by molar-refractivity contribution is -0.124. The molecule has 2 aliphatic rings. The number of nitrogens with zero attached hydrogens (tertiary/aromatic N) is 4. The summed E-state index contributed by atoms with van der Waals surface area (Å²) in [5.41, 5.74) is 4.69. The zero-order valence-electron chi connectivity index (χ0n) is 23.1. The summed E-state index contributed by atoms with van der Waals surface area (Å²) in [6, 6.07) is 21.1. The van der Waals surface area contributed by atoms with Crippen molar-refractivity contribution in [2.75, 3.05) is 49.7 Å². The van der Waals surface area contributed by atoms with Gasteiger partial charge in [0.05, 0.1) is 5.69 Å². The van der Waals surface area contributed by atoms with Gasteiger partial charge in [-0.15, -0.1) is 16.4 Å². The molecule has 9 heteroatoms. The highest BCUT2D eigenvalue weighted by molar-refractivity contribution is 7.17. The predicted octanol–water partition coefficient (Wildman–Crippen LogP) is 5.87. The lowest BCUT2D eigenvalue weighted by Crippen LogP contribution is -2.47. The largest absolute Gasteiger partial charge is 0.434 e. The highest BCUT2D eigenvalue weighted by Gasteiger charge is 2.29. The van der Waals surface area contributed by atoms with Gasteiger partial charge in [-0.05, 0) is 59.2 Å². The van der Waals surface area contributed by atoms with Gasteiger partial charge in [-0.1, -0.05) is 42.5 Å². The predicted molar refractivity (Wildman–Crippen MR) is 161 cm³/mol. The summed E-state index contributed by atoms with van der Waals surface area (Å²) in [7, 11) is 1.66. The number of fused-ring (bicyclic) bond motifs is 2. The standard InChI is InChI=1S/C32H33FN4O3S/c1-34(22-24-5-3-2-4-6-24)32(39)40-37-28-19-23(7-8-25(28)9-10-31(37)38)11-13-35-14-16-36(17-15-35)29-20-26(33)21-30-27(29)12-18-41-30/h2-8,12,18-21H,9-11,13-17,22H2,1H3. The second kappa shape index (κ2) is 11.9. The average Bonchev–Trinajstić information content (AvgIpc) is 3.46. The summed E-state index contributed by atoms with van der Waals surface area (Å²) in [6.45, 7) is 4.73. The van der Waals surface area contributed by atoms with Crippen LogP contribution in [0, 0.1) is 5.82 Å². The molecule has 7 nitrogen and oxygen atoms in total. The number of carbonyl (C=O) groups is 2. The van der Waals surface area contributed by atoms with E-state index >= 15 is 0 Å². The van der Waals surface area contributed by atoms with E-state index < -0.39 is 6.09 Å². The molecular weight excluding hydrogens is 539 g/mol. The molecule has 0 aliphatic carbocycles. The molecule has 1 aromatic heterocycles. The average molecular weight is 573 g/mol. The zero-order chi connectivity index (χ0) is 28.3. The number of hydrogen-bond acceptors (Lipinski definition) is 6. The van der Waals surface area contributed by atoms with E-state index in [4.69, 9.17) is 4.84 Å². The maximum Gasteiger partial charge on any atom is 0.434 e. The molecule has 0 spiro atoms. The molecule has 0 radical (unpaired) electrons. The minimum Gasteiger partial charge on any atom is -0.368 e. The van der Waals surface area contributed by atoms with Gasteiger partial charge in [0.25, 0.3) is 5.91 Å². The van der Waals surface area contributed by atoms with Crippen molar-refractivity contribution in [1.82, 2.24) is 9.80 Å². The Balaban J connectivity index is 1.07. The first kappa shape index (κ1) is 27.2. The van der Waals surface area contributed by atoms with Crippen LogP contribution in [0.2, 0.25) is 0 Å². The molecule has 6 rings (SSSR count). The van der Waals surface area contributed by atoms with Gasteiger partial charge in [0.1, 0.15) is 5.82 Å². The van der Waals surface area contributed by atoms with Gasteiger partial charge in [0.15, 0.2) is 0 Å². The molecule has 0 N–H and O–H groups in total. The van der Waals surface area contributed by atoms with Crippen molar-refractivity contribution < 1.29 is 18.8 Å². The summed E-state index contributed by atoms with van der Waals surface area (Å²) in [6.07, 6.45) is 1.17. The Kier molecular flexibility index (Phi) is 7.89. The van der Waals surface area contributed by atoms with Gasteiger partial charge in [0, 0.05) is 68.5 Å². The second-order valence-corrected chi connectivity index (χ2v) is 11.6. The summed E-state index contributed by atoms with van der Waals surface area (Å²) >= 11 is 1.57. The molecular formula is C32H33FN4O3S. The van der Waals surface area contributed by atoms with Crippen LogP contribution in [0.1, 0.15) is 23.1 Å². The first-order chi connectivity index (χ1) is 19.9. The van der Waals surface area contributed by atoms with E-state index in [2.05, 4.69) is 21.9 Å². The summed E-state index contributed by atoms with van der Waals surface area (Å²) < 4.78 is 15.2. The molecule has 2 aliphatic heterocycles. The first-order valence-corrected chi connectivity index (χ1v) is 14.9. The number of piperazine rings is 1. The lowest BCUT2D eigenvalue weighted by Gasteiger charge is -2.36. The van der Waals surface area contributed by atoms with Gasteiger partial charge < -0.3 is 14.6 Å². The van der Waals surface area contributed by atoms with E-state index in [9.17, 15) is 14.0 Å². The third kappa shape index (κ3) is 6.06. The zero-order valence-corrected chi connectivity index (χ0v) is 23.9. The van der Waals surface area contributed by atoms with Gasteiger partial charge in [0.2, 0.25) is 0 Å². The second-order valence-electron chi connectivity index (χ2n) is 10.7. The van der Waals surface area contributed by atoms with Crippen molar-refractivity contribution in [3.8, 4) is 0 Å². The Labute approximate surface area is 243 Å². The van der Waals surface area contributed by atoms with Crippen LogP contribution in [-0.2, 0) is 29.0 Å². The van der Waals surface area contributed by atoms with E-state index in [-0.39, 0.29) is 11.7 Å². The fraction of sp³-hybridized carbons (Fsp3) is 0.312. The molecule has 1 saturated heterocycles. The van der Waals surface area contributed by atoms with Crippen LogP contribution in [0.15, 0.2) is 72.1 Å². The van der Waals surface area contributed by atoms with E-state index in [0.29, 0.717) is 25.1 Å². The Hall–Kier alpha value is -3.95. The van der Waals surface area contributed by atoms with Crippen LogP contribution in [0.3, 0.4) is 0 Å². The summed E-state index contributed by atoms with van der Waals surface area (Å²) in [5, 5.41) is 4.31. The van der Waals surface area contributed by atoms with Gasteiger partial charge in [-0.2, -0.15) is 0 Å². The van der Waals surface area contributed by atoms with Crippen LogP contribution in [0.25, 0.3) is 10.1 Å². The molecule has 0 unspecified atom stereocenters. The van der Waals surface area contributed by atoms with E-state index in [0.717, 1.165) is 71.6 Å². The van der Waals surface area contributed by atoms with Crippen LogP contribution in [0.4, 0.5) is 20.6 Å². The van der Waals surface area contributed by atoms with Crippen molar-refractivity contribution in [3.05, 3.63) is 94.6 Å². The molecule has 0 saturated carbocycles. The number of hydrogen-bond donors (Lipinski definition) is 0. The number of thiophene rings is 1. The Bertz CT molecular complexity index is 1550. The smallest absolute Gasteiger partial charge is 0.368 e. The van der Waals surface area contributed by atoms with Crippen molar-refractivity contribution in [3.63, 3.8) is 0 Å². The number of halogens is 1. The van der Waals surface area contributed by atoms with Gasteiger partial charge >= 0.3 is 6.09 Å². The molecule has 4 aromatic rings. The third-order valence-electron chi connectivity index (χ3n) is 7.89. The van der Waals surface area contributed by atoms with E-state index in [1.54, 1.807) is 30.5 Å². The topological polar surface area (TPSA) is 56.3 Å². The summed E-state index contributed by atoms with van der Waals surface area (Å²) in [4.78, 5) is 37.5. The highest BCUT2D eigenvalue weighted by Crippen LogP contribution is 2.33. The minimum atomic E-state index is -0.573. The molecule has 212 valence electrons. The third-order valence-corrected chi connectivity index (χ3v) is 8.76. The van der Waals surface area contributed by atoms with Crippen molar-refractivity contribution in [2.24, 2.45) is 0 Å². The number of rotatable bonds is 7. The fourth-order valence-corrected chi connectivity index (χ4v) is 6.42. The van der Waals surface area contributed by atoms with Crippen LogP contribution < -0.4 is 9.96 Å². The molecule has 1 fully saturated rings.